The van der Waals surface area contributed by atoms with Crippen LogP contribution in [0.25, 0.3) is 0 Å². The van der Waals surface area contributed by atoms with E-state index >= 15 is 0 Å². The number of nitrogens with zero attached hydrogens (tertiary/aromatic N) is 1. The van der Waals surface area contributed by atoms with Gasteiger partial charge in [0.2, 0.25) is 11.8 Å². The van der Waals surface area contributed by atoms with Crippen LogP contribution in [0.4, 0.5) is 5.69 Å². The van der Waals surface area contributed by atoms with Gasteiger partial charge in [0.1, 0.15) is 5.75 Å². The Hall–Kier alpha value is -3.35. The Labute approximate surface area is 158 Å². The maximum absolute atomic E-state index is 12.1. The third-order valence-corrected chi connectivity index (χ3v) is 3.81. The van der Waals surface area contributed by atoms with Gasteiger partial charge in [0.25, 0.3) is 5.91 Å². The molecule has 0 aliphatic heterocycles. The fourth-order valence-electron chi connectivity index (χ4n) is 2.30. The minimum Gasteiger partial charge on any atom is -0.484 e. The Morgan fingerprint density at radius 3 is 2.26 bits per heavy atom. The molecule has 0 atom stereocenters. The summed E-state index contributed by atoms with van der Waals surface area (Å²) < 4.78 is 5.42. The van der Waals surface area contributed by atoms with Crippen molar-refractivity contribution in [2.45, 2.75) is 13.3 Å². The molecule has 0 radical (unpaired) electrons. The van der Waals surface area contributed by atoms with Crippen LogP contribution in [0.2, 0.25) is 0 Å². The number of amides is 3. The molecule has 2 aromatic carbocycles. The zero-order valence-corrected chi connectivity index (χ0v) is 15.4. The predicted octanol–water partition coefficient (Wildman–Crippen LogP) is 1.50. The van der Waals surface area contributed by atoms with E-state index in [9.17, 15) is 14.4 Å². The smallest absolute Gasteiger partial charge is 0.260 e. The summed E-state index contributed by atoms with van der Waals surface area (Å²) in [6.45, 7) is 1.69. The number of carbonyl (C=O) groups excluding carboxylic acids is 3. The number of aryl methyl sites for hydroxylation is 1. The Bertz CT molecular complexity index is 801. The second-order valence-electron chi connectivity index (χ2n) is 6.24. The molecule has 7 nitrogen and oxygen atoms in total. The number of hydrogen-bond donors (Lipinski definition) is 2. The molecule has 0 fully saturated rings. The molecule has 0 saturated carbocycles. The fourth-order valence-corrected chi connectivity index (χ4v) is 2.30. The van der Waals surface area contributed by atoms with E-state index in [1.54, 1.807) is 36.4 Å². The molecule has 0 aliphatic rings. The maximum Gasteiger partial charge on any atom is 0.260 e. The van der Waals surface area contributed by atoms with Gasteiger partial charge in [-0.2, -0.15) is 0 Å². The van der Waals surface area contributed by atoms with Crippen molar-refractivity contribution < 1.29 is 19.1 Å². The highest BCUT2D eigenvalue weighted by molar-refractivity contribution is 5.94. The van der Waals surface area contributed by atoms with Crippen LogP contribution in [0, 0.1) is 6.92 Å². The number of rotatable bonds is 8. The first-order valence-corrected chi connectivity index (χ1v) is 8.44. The van der Waals surface area contributed by atoms with Gasteiger partial charge in [-0.1, -0.05) is 29.8 Å². The standard InChI is InChI=1S/C20H23N3O4/c1-14-3-7-16(8-4-14)22-19(25)12-23(2)20(26)13-27-17-9-5-15(6-10-17)11-18(21)24/h3-10H,11-13H2,1-2H3,(H2,21,24)(H,22,25). The molecule has 3 amide bonds. The van der Waals surface area contributed by atoms with E-state index in [1.807, 2.05) is 19.1 Å². The zero-order chi connectivity index (χ0) is 19.8. The quantitative estimate of drug-likeness (QED) is 0.736. The summed E-state index contributed by atoms with van der Waals surface area (Å²) in [6.07, 6.45) is 0.151. The minimum atomic E-state index is -0.413. The van der Waals surface area contributed by atoms with Gasteiger partial charge in [0.15, 0.2) is 6.61 Å². The van der Waals surface area contributed by atoms with Gasteiger partial charge in [0, 0.05) is 12.7 Å². The van der Waals surface area contributed by atoms with Crippen LogP contribution in [-0.4, -0.2) is 42.8 Å². The molecule has 0 spiro atoms. The Balaban J connectivity index is 1.78. The number of nitrogens with two attached hydrogens (primary N) is 1. The molecule has 0 bridgehead atoms. The lowest BCUT2D eigenvalue weighted by Gasteiger charge is -2.17. The molecule has 0 unspecified atom stereocenters. The number of benzene rings is 2. The second-order valence-corrected chi connectivity index (χ2v) is 6.24. The molecular weight excluding hydrogens is 346 g/mol. The Morgan fingerprint density at radius 2 is 1.67 bits per heavy atom. The molecule has 27 heavy (non-hydrogen) atoms. The molecule has 2 rings (SSSR count). The summed E-state index contributed by atoms with van der Waals surface area (Å²) in [4.78, 5) is 36.3. The molecule has 7 heteroatoms. The third kappa shape index (κ3) is 6.81. The van der Waals surface area contributed by atoms with Gasteiger partial charge in [-0.15, -0.1) is 0 Å². The summed E-state index contributed by atoms with van der Waals surface area (Å²) in [7, 11) is 1.54. The van der Waals surface area contributed by atoms with Crippen LogP contribution < -0.4 is 15.8 Å². The monoisotopic (exact) mass is 369 g/mol. The fraction of sp³-hybridized carbons (Fsp3) is 0.250. The van der Waals surface area contributed by atoms with Crippen LogP contribution in [-0.2, 0) is 20.8 Å². The first-order chi connectivity index (χ1) is 12.8. The highest BCUT2D eigenvalue weighted by Gasteiger charge is 2.14. The third-order valence-electron chi connectivity index (χ3n) is 3.81. The molecular formula is C20H23N3O4. The van der Waals surface area contributed by atoms with Gasteiger partial charge in [-0.3, -0.25) is 14.4 Å². The first kappa shape index (κ1) is 20.0. The van der Waals surface area contributed by atoms with Crippen molar-refractivity contribution in [2.75, 3.05) is 25.5 Å². The molecule has 0 saturated heterocycles. The van der Waals surface area contributed by atoms with Crippen molar-refractivity contribution in [3.05, 3.63) is 59.7 Å². The number of ether oxygens (including phenoxy) is 1. The molecule has 0 heterocycles. The average molecular weight is 369 g/mol. The van der Waals surface area contributed by atoms with E-state index in [4.69, 9.17) is 10.5 Å². The highest BCUT2D eigenvalue weighted by Crippen LogP contribution is 2.13. The van der Waals surface area contributed by atoms with E-state index in [-0.39, 0.29) is 31.4 Å². The lowest BCUT2D eigenvalue weighted by atomic mass is 10.1. The van der Waals surface area contributed by atoms with Gasteiger partial charge in [-0.25, -0.2) is 0 Å². The summed E-state index contributed by atoms with van der Waals surface area (Å²) in [5, 5.41) is 2.74. The molecule has 0 aliphatic carbocycles. The van der Waals surface area contributed by atoms with Gasteiger partial charge in [-0.05, 0) is 36.8 Å². The van der Waals surface area contributed by atoms with Gasteiger partial charge in [0.05, 0.1) is 13.0 Å². The van der Waals surface area contributed by atoms with E-state index in [1.165, 1.54) is 11.9 Å². The van der Waals surface area contributed by atoms with Crippen LogP contribution in [0.1, 0.15) is 11.1 Å². The summed E-state index contributed by atoms with van der Waals surface area (Å²) in [5.41, 5.74) is 7.68. The SMILES string of the molecule is Cc1ccc(NC(=O)CN(C)C(=O)COc2ccc(CC(N)=O)cc2)cc1. The predicted molar refractivity (Wildman–Crippen MR) is 102 cm³/mol. The van der Waals surface area contributed by atoms with Crippen LogP contribution in [0.5, 0.6) is 5.75 Å². The molecule has 2 aromatic rings. The van der Waals surface area contributed by atoms with Crippen molar-refractivity contribution in [3.63, 3.8) is 0 Å². The largest absolute Gasteiger partial charge is 0.484 e. The minimum absolute atomic E-state index is 0.0758. The zero-order valence-electron chi connectivity index (χ0n) is 15.4. The lowest BCUT2D eigenvalue weighted by Crippen LogP contribution is -2.37. The number of likely N-dealkylation sites (N-methyl/N-ethyl adjacent to an activating group) is 1. The number of primary amides is 1. The number of carbonyl (C=O) groups is 3. The van der Waals surface area contributed by atoms with Gasteiger partial charge >= 0.3 is 0 Å². The van der Waals surface area contributed by atoms with Gasteiger partial charge < -0.3 is 20.7 Å². The second kappa shape index (κ2) is 9.38. The lowest BCUT2D eigenvalue weighted by molar-refractivity contribution is -0.135. The number of hydrogen-bond acceptors (Lipinski definition) is 4. The van der Waals surface area contributed by atoms with Crippen molar-refractivity contribution in [1.29, 1.82) is 0 Å². The van der Waals surface area contributed by atoms with E-state index < -0.39 is 5.91 Å². The van der Waals surface area contributed by atoms with E-state index in [2.05, 4.69) is 5.32 Å². The van der Waals surface area contributed by atoms with Crippen molar-refractivity contribution in [3.8, 4) is 5.75 Å². The Morgan fingerprint density at radius 1 is 1.04 bits per heavy atom. The van der Waals surface area contributed by atoms with E-state index in [0.29, 0.717) is 11.4 Å². The van der Waals surface area contributed by atoms with Crippen molar-refractivity contribution in [1.82, 2.24) is 4.90 Å². The average Bonchev–Trinajstić information content (AvgIpc) is 2.62. The maximum atomic E-state index is 12.1. The van der Waals surface area contributed by atoms with Crippen LogP contribution in [0.3, 0.4) is 0 Å². The normalized spacial score (nSPS) is 10.1. The number of nitrogens with one attached hydrogen (secondary N) is 1. The topological polar surface area (TPSA) is 102 Å². The van der Waals surface area contributed by atoms with Crippen molar-refractivity contribution in [2.24, 2.45) is 5.73 Å². The molecule has 142 valence electrons. The first-order valence-electron chi connectivity index (χ1n) is 8.44. The van der Waals surface area contributed by atoms with E-state index in [0.717, 1.165) is 11.1 Å². The highest BCUT2D eigenvalue weighted by atomic mass is 16.5. The Kier molecular flexibility index (Phi) is 6.93. The van der Waals surface area contributed by atoms with Crippen LogP contribution >= 0.6 is 0 Å². The molecule has 3 N–H and O–H groups in total. The summed E-state index contributed by atoms with van der Waals surface area (Å²) >= 11 is 0. The molecule has 0 aromatic heterocycles. The summed E-state index contributed by atoms with van der Waals surface area (Å²) in [6, 6.07) is 14.2. The summed E-state index contributed by atoms with van der Waals surface area (Å²) in [5.74, 6) is -0.528. The van der Waals surface area contributed by atoms with Crippen LogP contribution in [0.15, 0.2) is 48.5 Å². The number of anilines is 1. The van der Waals surface area contributed by atoms with Crippen molar-refractivity contribution >= 4 is 23.4 Å².